The van der Waals surface area contributed by atoms with Crippen LogP contribution in [-0.2, 0) is 19.7 Å². The lowest BCUT2D eigenvalue weighted by molar-refractivity contribution is -0.610. The van der Waals surface area contributed by atoms with Crippen LogP contribution in [0.2, 0.25) is 0 Å². The Bertz CT molecular complexity index is 774. The van der Waals surface area contributed by atoms with Crippen molar-refractivity contribution < 1.29 is 21.4 Å². The highest BCUT2D eigenvalue weighted by Gasteiger charge is 2.37. The Morgan fingerprint density at radius 2 is 1.76 bits per heavy atom. The lowest BCUT2D eigenvalue weighted by Gasteiger charge is -2.18. The van der Waals surface area contributed by atoms with Gasteiger partial charge in [-0.2, -0.15) is 0 Å². The number of sulfone groups is 2. The molecule has 0 atom stereocenters. The van der Waals surface area contributed by atoms with Gasteiger partial charge in [0, 0.05) is 6.07 Å². The highest BCUT2D eigenvalue weighted by Crippen LogP contribution is 2.27. The summed E-state index contributed by atoms with van der Waals surface area (Å²) in [5, 5.41) is 0.857. The molecule has 1 aromatic heterocycles. The smallest absolute Gasteiger partial charge is 0.222 e. The number of hydrogen-bond acceptors (Lipinski definition) is 5. The van der Waals surface area contributed by atoms with Gasteiger partial charge in [0.1, 0.15) is 0 Å². The fourth-order valence-electron chi connectivity index (χ4n) is 2.49. The molecule has 21 heavy (non-hydrogen) atoms. The number of nitrogens with one attached hydrogen (secondary N) is 1. The summed E-state index contributed by atoms with van der Waals surface area (Å²) in [6, 6.07) is 2.22. The van der Waals surface area contributed by atoms with Crippen LogP contribution in [0.3, 0.4) is 0 Å². The third-order valence-corrected chi connectivity index (χ3v) is 7.68. The van der Waals surface area contributed by atoms with E-state index in [0.717, 1.165) is 31.4 Å². The summed E-state index contributed by atoms with van der Waals surface area (Å²) in [6.07, 6.45) is 3.74. The molecule has 2 rings (SSSR count). The normalized spacial score (nSPS) is 17.8. The summed E-state index contributed by atoms with van der Waals surface area (Å²) >= 11 is 0. The van der Waals surface area contributed by atoms with Crippen molar-refractivity contribution >= 4 is 19.7 Å². The Hall–Kier alpha value is -1.22. The van der Waals surface area contributed by atoms with Crippen LogP contribution in [0.1, 0.15) is 39.0 Å². The van der Waals surface area contributed by atoms with E-state index < -0.39 is 30.0 Å². The summed E-state index contributed by atoms with van der Waals surface area (Å²) in [5.74, 6) is -0.168. The van der Waals surface area contributed by atoms with Crippen LogP contribution in [-0.4, -0.2) is 32.9 Å². The largest absolute Gasteiger partial charge is 0.382 e. The lowest BCUT2D eigenvalue weighted by atomic mass is 10.0. The first-order valence-corrected chi connectivity index (χ1v) is 10.1. The topological polar surface area (TPSA) is 107 Å². The number of nitrogens with zero attached hydrogens (tertiary/aromatic N) is 1. The molecule has 1 N–H and O–H groups in total. The molecular formula is C12H19N2O5S2+. The molecule has 0 radical (unpaired) electrons. The first kappa shape index (κ1) is 16.2. The number of hydrogen-bond donors (Lipinski definition) is 1. The zero-order chi connectivity index (χ0) is 15.7. The number of rotatable bonds is 4. The van der Waals surface area contributed by atoms with Crippen molar-refractivity contribution in [3.8, 4) is 0 Å². The van der Waals surface area contributed by atoms with E-state index in [1.54, 1.807) is 0 Å². The monoisotopic (exact) mass is 335 g/mol. The molecule has 118 valence electrons. The van der Waals surface area contributed by atoms with Gasteiger partial charge in [-0.15, -0.1) is 5.10 Å². The molecule has 1 aliphatic rings. The Labute approximate surface area is 123 Å². The average Bonchev–Trinajstić information content (AvgIpc) is 2.47. The Morgan fingerprint density at radius 3 is 2.29 bits per heavy atom. The molecule has 9 heteroatoms. The minimum absolute atomic E-state index is 0.0481. The van der Waals surface area contributed by atoms with Crippen LogP contribution in [0.25, 0.3) is 0 Å². The van der Waals surface area contributed by atoms with Crippen LogP contribution in [0, 0.1) is 4.91 Å². The van der Waals surface area contributed by atoms with Crippen molar-refractivity contribution in [3.05, 3.63) is 17.0 Å². The quantitative estimate of drug-likeness (QED) is 0.820. The van der Waals surface area contributed by atoms with Gasteiger partial charge in [-0.3, -0.25) is 0 Å². The van der Waals surface area contributed by atoms with Gasteiger partial charge in [-0.25, -0.2) is 16.8 Å². The zero-order valence-electron chi connectivity index (χ0n) is 11.8. The Balaban J connectivity index is 2.44. The average molecular weight is 335 g/mol. The minimum Gasteiger partial charge on any atom is -0.222 e. The molecule has 0 saturated heterocycles. The van der Waals surface area contributed by atoms with Crippen molar-refractivity contribution in [2.75, 3.05) is 5.75 Å². The molecule has 0 bridgehead atoms. The van der Waals surface area contributed by atoms with Gasteiger partial charge < -0.3 is 0 Å². The molecule has 7 nitrogen and oxygen atoms in total. The van der Waals surface area contributed by atoms with E-state index in [1.807, 2.05) is 0 Å². The number of H-pyrrole nitrogens is 1. The first-order chi connectivity index (χ1) is 9.79. The first-order valence-electron chi connectivity index (χ1n) is 6.91. The minimum atomic E-state index is -3.74. The highest BCUT2D eigenvalue weighted by molar-refractivity contribution is 7.92. The molecule has 1 saturated carbocycles. The maximum absolute atomic E-state index is 12.4. The van der Waals surface area contributed by atoms with Crippen LogP contribution in [0.5, 0.6) is 0 Å². The van der Waals surface area contributed by atoms with Gasteiger partial charge in [0.25, 0.3) is 0 Å². The van der Waals surface area contributed by atoms with Gasteiger partial charge in [-0.1, -0.05) is 26.2 Å². The number of aromatic amines is 1. The summed E-state index contributed by atoms with van der Waals surface area (Å²) in [6.45, 7) is 1.45. The lowest BCUT2D eigenvalue weighted by Crippen LogP contribution is -2.35. The number of aromatic nitrogens is 2. The second kappa shape index (κ2) is 5.88. The summed E-state index contributed by atoms with van der Waals surface area (Å²) in [5.41, 5.74) is 0. The fraction of sp³-hybridized carbons (Fsp3) is 0.667. The Kier molecular flexibility index (Phi) is 4.52. The fourth-order valence-corrected chi connectivity index (χ4v) is 5.13. The molecule has 1 fully saturated rings. The van der Waals surface area contributed by atoms with Crippen LogP contribution < -0.4 is 4.54 Å². The predicted molar refractivity (Wildman–Crippen MR) is 75.9 cm³/mol. The van der Waals surface area contributed by atoms with E-state index in [0.29, 0.717) is 12.8 Å². The molecular weight excluding hydrogens is 316 g/mol. The second-order valence-electron chi connectivity index (χ2n) is 5.15. The van der Waals surface area contributed by atoms with E-state index in [-0.39, 0.29) is 15.3 Å². The van der Waals surface area contributed by atoms with Crippen molar-refractivity contribution in [2.24, 2.45) is 0 Å². The maximum atomic E-state index is 12.4. The molecule has 0 spiro atoms. The standard InChI is InChI=1S/C12H19N2O5S2/c1-2-20(16,17)11-8-9-12(14(15)13-11)21(18,19)10-6-4-3-5-7-10/h8-10H,2-7H2,1H3,(H,13,15)/q+1. The van der Waals surface area contributed by atoms with Gasteiger partial charge in [-0.05, 0) is 18.9 Å². The predicted octanol–water partition coefficient (Wildman–Crippen LogP) is 0.829. The van der Waals surface area contributed by atoms with E-state index in [1.165, 1.54) is 6.92 Å². The molecule has 1 heterocycles. The molecule has 0 aromatic carbocycles. The zero-order valence-corrected chi connectivity index (χ0v) is 13.4. The van der Waals surface area contributed by atoms with Crippen molar-refractivity contribution in [1.29, 1.82) is 0 Å². The van der Waals surface area contributed by atoms with E-state index in [4.69, 9.17) is 0 Å². The third-order valence-electron chi connectivity index (χ3n) is 3.79. The maximum Gasteiger partial charge on any atom is 0.382 e. The van der Waals surface area contributed by atoms with E-state index in [2.05, 4.69) is 5.10 Å². The molecule has 1 aliphatic carbocycles. The van der Waals surface area contributed by atoms with Gasteiger partial charge >= 0.3 is 5.03 Å². The third kappa shape index (κ3) is 3.18. The van der Waals surface area contributed by atoms with Crippen molar-refractivity contribution in [1.82, 2.24) is 5.10 Å². The summed E-state index contributed by atoms with van der Waals surface area (Å²) in [7, 11) is -7.32. The molecule has 0 aliphatic heterocycles. The van der Waals surface area contributed by atoms with Gasteiger partial charge in [0.2, 0.25) is 9.84 Å². The van der Waals surface area contributed by atoms with Crippen LogP contribution >= 0.6 is 0 Å². The SMILES string of the molecule is CCS(=O)(=O)c1ccc(S(=O)(=O)C2CCCCC2)[n+](=O)[nH]1. The van der Waals surface area contributed by atoms with Gasteiger partial charge in [0.15, 0.2) is 19.4 Å². The molecule has 1 aromatic rings. The van der Waals surface area contributed by atoms with Gasteiger partial charge in [0.05, 0.1) is 15.9 Å². The summed E-state index contributed by atoms with van der Waals surface area (Å²) < 4.78 is 48.3. The van der Waals surface area contributed by atoms with Crippen LogP contribution in [0.15, 0.2) is 22.2 Å². The second-order valence-corrected chi connectivity index (χ2v) is 9.57. The Morgan fingerprint density at radius 1 is 1.14 bits per heavy atom. The highest BCUT2D eigenvalue weighted by atomic mass is 32.2. The molecule has 0 amide bonds. The summed E-state index contributed by atoms with van der Waals surface area (Å²) in [4.78, 5) is 11.9. The van der Waals surface area contributed by atoms with Crippen molar-refractivity contribution in [3.63, 3.8) is 0 Å². The van der Waals surface area contributed by atoms with E-state index >= 15 is 0 Å². The molecule has 0 unspecified atom stereocenters. The van der Waals surface area contributed by atoms with Crippen LogP contribution in [0.4, 0.5) is 0 Å². The van der Waals surface area contributed by atoms with Crippen molar-refractivity contribution in [2.45, 2.75) is 54.3 Å². The van der Waals surface area contributed by atoms with E-state index in [9.17, 15) is 21.7 Å².